The molecule has 0 radical (unpaired) electrons. The van der Waals surface area contributed by atoms with E-state index in [4.69, 9.17) is 9.16 Å². The summed E-state index contributed by atoms with van der Waals surface area (Å²) in [6.07, 6.45) is 3.62. The molecule has 0 amide bonds. The first kappa shape index (κ1) is 13.1. The zero-order valence-electron chi connectivity index (χ0n) is 9.34. The highest BCUT2D eigenvalue weighted by atomic mass is 28.2. The van der Waals surface area contributed by atoms with Gasteiger partial charge in [-0.15, -0.1) is 0 Å². The SMILES string of the molecule is CCCCOCC(CC)[SiH2]OCC. The van der Waals surface area contributed by atoms with Crippen molar-refractivity contribution < 1.29 is 9.16 Å². The molecule has 80 valence electrons. The number of unbranched alkanes of at least 4 members (excludes halogenated alkanes) is 1. The summed E-state index contributed by atoms with van der Waals surface area (Å²) in [5.41, 5.74) is 0.719. The second-order valence-corrected chi connectivity index (χ2v) is 5.26. The lowest BCUT2D eigenvalue weighted by Gasteiger charge is -2.13. The van der Waals surface area contributed by atoms with Crippen LogP contribution in [0.15, 0.2) is 0 Å². The molecule has 0 bridgehead atoms. The molecule has 0 aromatic carbocycles. The van der Waals surface area contributed by atoms with E-state index in [9.17, 15) is 0 Å². The van der Waals surface area contributed by atoms with Gasteiger partial charge in [0.25, 0.3) is 0 Å². The number of hydrogen-bond donors (Lipinski definition) is 0. The first-order valence-electron chi connectivity index (χ1n) is 5.50. The molecule has 0 heterocycles. The van der Waals surface area contributed by atoms with Gasteiger partial charge < -0.3 is 9.16 Å². The van der Waals surface area contributed by atoms with Crippen molar-refractivity contribution in [1.29, 1.82) is 0 Å². The van der Waals surface area contributed by atoms with E-state index in [1.165, 1.54) is 19.3 Å². The maximum atomic E-state index is 5.58. The molecule has 0 saturated carbocycles. The van der Waals surface area contributed by atoms with E-state index < -0.39 is 0 Å². The largest absolute Gasteiger partial charge is 0.424 e. The Kier molecular flexibility index (Phi) is 10.3. The topological polar surface area (TPSA) is 18.5 Å². The lowest BCUT2D eigenvalue weighted by atomic mass is 10.3. The molecule has 2 nitrogen and oxygen atoms in total. The smallest absolute Gasteiger partial charge is 0.166 e. The molecular formula is C10H24O2Si. The molecule has 0 aromatic rings. The van der Waals surface area contributed by atoms with Gasteiger partial charge in [-0.2, -0.15) is 0 Å². The summed E-state index contributed by atoms with van der Waals surface area (Å²) in [6.45, 7) is 9.20. The van der Waals surface area contributed by atoms with E-state index in [1.807, 2.05) is 0 Å². The summed E-state index contributed by atoms with van der Waals surface area (Å²) < 4.78 is 11.1. The third-order valence-electron chi connectivity index (χ3n) is 2.13. The van der Waals surface area contributed by atoms with E-state index in [-0.39, 0.29) is 9.76 Å². The standard InChI is InChI=1S/C10H24O2Si/c1-4-7-8-11-9-10(5-2)13-12-6-3/h10H,4-9,13H2,1-3H3. The van der Waals surface area contributed by atoms with Crippen molar-refractivity contribution in [1.82, 2.24) is 0 Å². The van der Waals surface area contributed by atoms with Gasteiger partial charge in [0.2, 0.25) is 0 Å². The fraction of sp³-hybridized carbons (Fsp3) is 1.00. The fourth-order valence-corrected chi connectivity index (χ4v) is 2.13. The monoisotopic (exact) mass is 204 g/mol. The minimum atomic E-state index is -0.334. The predicted octanol–water partition coefficient (Wildman–Crippen LogP) is 2.12. The van der Waals surface area contributed by atoms with E-state index >= 15 is 0 Å². The Balaban J connectivity index is 3.25. The molecule has 0 aliphatic carbocycles. The number of ether oxygens (including phenoxy) is 1. The van der Waals surface area contributed by atoms with Crippen LogP contribution in [-0.2, 0) is 9.16 Å². The fourth-order valence-electron chi connectivity index (χ4n) is 1.06. The highest BCUT2D eigenvalue weighted by molar-refractivity contribution is 6.29. The van der Waals surface area contributed by atoms with Gasteiger partial charge in [-0.3, -0.25) is 0 Å². The molecule has 0 aromatic heterocycles. The minimum Gasteiger partial charge on any atom is -0.424 e. The molecule has 1 atom stereocenters. The summed E-state index contributed by atoms with van der Waals surface area (Å²) in [6, 6.07) is 0. The minimum absolute atomic E-state index is 0.334. The molecule has 0 N–H and O–H groups in total. The van der Waals surface area contributed by atoms with Crippen molar-refractivity contribution in [3.05, 3.63) is 0 Å². The zero-order chi connectivity index (χ0) is 9.94. The third-order valence-corrected chi connectivity index (χ3v) is 4.06. The van der Waals surface area contributed by atoms with Gasteiger partial charge >= 0.3 is 0 Å². The van der Waals surface area contributed by atoms with Crippen molar-refractivity contribution in [3.63, 3.8) is 0 Å². The molecule has 0 aliphatic rings. The Morgan fingerprint density at radius 2 is 2.00 bits per heavy atom. The maximum Gasteiger partial charge on any atom is 0.166 e. The molecule has 0 spiro atoms. The average Bonchev–Trinajstić information content (AvgIpc) is 2.17. The van der Waals surface area contributed by atoms with E-state index in [1.54, 1.807) is 0 Å². The Bertz CT molecular complexity index is 98.9. The van der Waals surface area contributed by atoms with Crippen molar-refractivity contribution in [2.75, 3.05) is 19.8 Å². The van der Waals surface area contributed by atoms with Crippen LogP contribution < -0.4 is 0 Å². The molecule has 13 heavy (non-hydrogen) atoms. The Morgan fingerprint density at radius 1 is 1.23 bits per heavy atom. The van der Waals surface area contributed by atoms with Gasteiger partial charge in [-0.1, -0.05) is 26.7 Å². The van der Waals surface area contributed by atoms with E-state index in [2.05, 4.69) is 20.8 Å². The second kappa shape index (κ2) is 10.2. The summed E-state index contributed by atoms with van der Waals surface area (Å²) in [7, 11) is -0.334. The average molecular weight is 204 g/mol. The first-order chi connectivity index (χ1) is 6.35. The van der Waals surface area contributed by atoms with Crippen molar-refractivity contribution >= 4 is 9.76 Å². The number of rotatable bonds is 9. The van der Waals surface area contributed by atoms with Crippen molar-refractivity contribution in [2.24, 2.45) is 0 Å². The second-order valence-electron chi connectivity index (χ2n) is 3.36. The summed E-state index contributed by atoms with van der Waals surface area (Å²) in [4.78, 5) is 0. The summed E-state index contributed by atoms with van der Waals surface area (Å²) in [5.74, 6) is 0. The Labute approximate surface area is 84.9 Å². The normalized spacial score (nSPS) is 14.1. The van der Waals surface area contributed by atoms with Crippen LogP contribution in [0, 0.1) is 0 Å². The van der Waals surface area contributed by atoms with E-state index in [0.717, 1.165) is 25.4 Å². The van der Waals surface area contributed by atoms with Crippen molar-refractivity contribution in [3.8, 4) is 0 Å². The van der Waals surface area contributed by atoms with Gasteiger partial charge in [0.1, 0.15) is 0 Å². The maximum absolute atomic E-state index is 5.58. The molecular weight excluding hydrogens is 180 g/mol. The molecule has 0 saturated heterocycles. The highest BCUT2D eigenvalue weighted by Crippen LogP contribution is 2.09. The summed E-state index contributed by atoms with van der Waals surface area (Å²) in [5, 5.41) is 0. The predicted molar refractivity (Wildman–Crippen MR) is 59.9 cm³/mol. The highest BCUT2D eigenvalue weighted by Gasteiger charge is 2.06. The van der Waals surface area contributed by atoms with Crippen LogP contribution in [0.4, 0.5) is 0 Å². The molecule has 0 rings (SSSR count). The third kappa shape index (κ3) is 8.47. The van der Waals surface area contributed by atoms with Gasteiger partial charge in [0.05, 0.1) is 0 Å². The lowest BCUT2D eigenvalue weighted by Crippen LogP contribution is -2.14. The van der Waals surface area contributed by atoms with Crippen LogP contribution in [0.3, 0.4) is 0 Å². The molecule has 0 fully saturated rings. The van der Waals surface area contributed by atoms with Crippen LogP contribution in [-0.4, -0.2) is 29.6 Å². The van der Waals surface area contributed by atoms with Crippen molar-refractivity contribution in [2.45, 2.75) is 45.6 Å². The van der Waals surface area contributed by atoms with Crippen LogP contribution in [0.25, 0.3) is 0 Å². The zero-order valence-corrected chi connectivity index (χ0v) is 10.8. The van der Waals surface area contributed by atoms with E-state index in [0.29, 0.717) is 0 Å². The van der Waals surface area contributed by atoms with Gasteiger partial charge in [0, 0.05) is 19.8 Å². The van der Waals surface area contributed by atoms with Gasteiger partial charge in [-0.25, -0.2) is 0 Å². The Morgan fingerprint density at radius 3 is 2.54 bits per heavy atom. The number of hydrogen-bond acceptors (Lipinski definition) is 2. The summed E-state index contributed by atoms with van der Waals surface area (Å²) >= 11 is 0. The molecule has 0 aliphatic heterocycles. The van der Waals surface area contributed by atoms with Crippen LogP contribution in [0.1, 0.15) is 40.0 Å². The Hall–Kier alpha value is 0.137. The first-order valence-corrected chi connectivity index (χ1v) is 6.89. The van der Waals surface area contributed by atoms with Crippen LogP contribution >= 0.6 is 0 Å². The molecule has 1 unspecified atom stereocenters. The van der Waals surface area contributed by atoms with Gasteiger partial charge in [0.15, 0.2) is 9.76 Å². The lowest BCUT2D eigenvalue weighted by molar-refractivity contribution is 0.125. The quantitative estimate of drug-likeness (QED) is 0.423. The van der Waals surface area contributed by atoms with Gasteiger partial charge in [-0.05, 0) is 18.9 Å². The van der Waals surface area contributed by atoms with Crippen LogP contribution in [0.2, 0.25) is 5.54 Å². The molecule has 3 heteroatoms. The van der Waals surface area contributed by atoms with Crippen LogP contribution in [0.5, 0.6) is 0 Å².